The Kier molecular flexibility index (Phi) is 17.7. The standard InChI is InChI=1S/C40H57NO8/c1-9-30(8)37(44)20-23-49-26-40(24-47-21-18-35(42)27(2)3,25-48-22-19-36(43)28(4)5)41-39(46)34-16-12-32(13-17-34)31-10-14-33(15-11-31)38(45)29(6)7/h10-17,27-30H,9,18-26H2,1-8H3,(H,41,46). The highest BCUT2D eigenvalue weighted by molar-refractivity contribution is 5.98. The summed E-state index contributed by atoms with van der Waals surface area (Å²) in [4.78, 5) is 63.0. The Morgan fingerprint density at radius 1 is 0.571 bits per heavy atom. The van der Waals surface area contributed by atoms with Crippen LogP contribution in [-0.2, 0) is 28.6 Å². The lowest BCUT2D eigenvalue weighted by atomic mass is 9.97. The van der Waals surface area contributed by atoms with Crippen LogP contribution in [0.4, 0.5) is 0 Å². The second kappa shape index (κ2) is 20.9. The van der Waals surface area contributed by atoms with Gasteiger partial charge < -0.3 is 19.5 Å². The van der Waals surface area contributed by atoms with Crippen LogP contribution in [0, 0.1) is 23.7 Å². The van der Waals surface area contributed by atoms with Crippen molar-refractivity contribution in [3.63, 3.8) is 0 Å². The molecule has 1 unspecified atom stereocenters. The van der Waals surface area contributed by atoms with Gasteiger partial charge in [-0.2, -0.15) is 0 Å². The second-order valence-corrected chi connectivity index (χ2v) is 13.8. The van der Waals surface area contributed by atoms with Gasteiger partial charge in [-0.1, -0.05) is 91.8 Å². The summed E-state index contributed by atoms with van der Waals surface area (Å²) >= 11 is 0. The second-order valence-electron chi connectivity index (χ2n) is 13.8. The van der Waals surface area contributed by atoms with Crippen molar-refractivity contribution in [2.45, 2.75) is 86.6 Å². The Morgan fingerprint density at radius 3 is 1.33 bits per heavy atom. The van der Waals surface area contributed by atoms with Gasteiger partial charge in [0.1, 0.15) is 22.9 Å². The number of nitrogens with one attached hydrogen (secondary N) is 1. The zero-order valence-corrected chi connectivity index (χ0v) is 30.8. The SMILES string of the molecule is CCC(C)C(=O)CCOCC(COCCC(=O)C(C)C)(COCCC(=O)C(C)C)NC(=O)c1ccc(-c2ccc(C(=O)C(C)C)cc2)cc1. The molecule has 0 aromatic heterocycles. The maximum atomic E-state index is 13.7. The third-order valence-electron chi connectivity index (χ3n) is 8.62. The first kappa shape index (κ1) is 41.6. The molecule has 9 nitrogen and oxygen atoms in total. The minimum atomic E-state index is -1.17. The average molecular weight is 680 g/mol. The number of benzene rings is 2. The fraction of sp³-hybridized carbons (Fsp3) is 0.575. The number of Topliss-reactive ketones (excluding diaryl/α,β-unsaturated/α-hetero) is 4. The molecule has 2 aromatic carbocycles. The van der Waals surface area contributed by atoms with E-state index in [9.17, 15) is 24.0 Å². The molecule has 2 rings (SSSR count). The first-order valence-corrected chi connectivity index (χ1v) is 17.6. The van der Waals surface area contributed by atoms with Gasteiger partial charge in [0.2, 0.25) is 0 Å². The molecule has 0 radical (unpaired) electrons. The highest BCUT2D eigenvalue weighted by atomic mass is 16.5. The third kappa shape index (κ3) is 14.1. The Balaban J connectivity index is 2.28. The Bertz CT molecular complexity index is 1330. The van der Waals surface area contributed by atoms with Crippen LogP contribution in [0.15, 0.2) is 48.5 Å². The fourth-order valence-corrected chi connectivity index (χ4v) is 4.89. The van der Waals surface area contributed by atoms with Gasteiger partial charge in [-0.05, 0) is 29.7 Å². The molecule has 0 saturated carbocycles. The van der Waals surface area contributed by atoms with Crippen LogP contribution >= 0.6 is 0 Å². The maximum absolute atomic E-state index is 13.7. The largest absolute Gasteiger partial charge is 0.378 e. The fourth-order valence-electron chi connectivity index (χ4n) is 4.89. The smallest absolute Gasteiger partial charge is 0.251 e. The highest BCUT2D eigenvalue weighted by Gasteiger charge is 2.34. The summed E-state index contributed by atoms with van der Waals surface area (Å²) in [5, 5.41) is 3.07. The number of rotatable bonds is 24. The molecule has 0 heterocycles. The molecule has 2 aromatic rings. The van der Waals surface area contributed by atoms with E-state index in [0.717, 1.165) is 17.5 Å². The number of hydrogen-bond acceptors (Lipinski definition) is 8. The van der Waals surface area contributed by atoms with Gasteiger partial charge in [0.15, 0.2) is 5.78 Å². The van der Waals surface area contributed by atoms with Crippen molar-refractivity contribution in [2.75, 3.05) is 39.6 Å². The molecule has 0 fully saturated rings. The van der Waals surface area contributed by atoms with E-state index in [1.807, 2.05) is 91.8 Å². The van der Waals surface area contributed by atoms with Crippen molar-refractivity contribution in [3.8, 4) is 11.1 Å². The molecule has 0 aliphatic rings. The molecular formula is C40H57NO8. The monoisotopic (exact) mass is 679 g/mol. The maximum Gasteiger partial charge on any atom is 0.251 e. The van der Waals surface area contributed by atoms with Crippen LogP contribution in [0.1, 0.15) is 102 Å². The van der Waals surface area contributed by atoms with Gasteiger partial charge in [0.25, 0.3) is 5.91 Å². The normalized spacial score (nSPS) is 12.4. The van der Waals surface area contributed by atoms with Crippen LogP contribution in [-0.4, -0.2) is 74.2 Å². The first-order valence-electron chi connectivity index (χ1n) is 17.6. The Labute approximate surface area is 292 Å². The van der Waals surface area contributed by atoms with Crippen molar-refractivity contribution in [2.24, 2.45) is 23.7 Å². The number of carbonyl (C=O) groups is 5. The predicted molar refractivity (Wildman–Crippen MR) is 192 cm³/mol. The zero-order valence-electron chi connectivity index (χ0n) is 30.8. The average Bonchev–Trinajstić information content (AvgIpc) is 3.09. The molecule has 0 saturated heterocycles. The quantitative estimate of drug-likeness (QED) is 0.0934. The van der Waals surface area contributed by atoms with E-state index in [1.165, 1.54) is 0 Å². The number of hydrogen-bond donors (Lipinski definition) is 1. The molecule has 0 aliphatic heterocycles. The molecule has 270 valence electrons. The van der Waals surface area contributed by atoms with Crippen LogP contribution in [0.2, 0.25) is 0 Å². The van der Waals surface area contributed by atoms with Crippen molar-refractivity contribution >= 4 is 29.0 Å². The van der Waals surface area contributed by atoms with Gasteiger partial charge in [-0.25, -0.2) is 0 Å². The molecule has 1 amide bonds. The van der Waals surface area contributed by atoms with Crippen LogP contribution < -0.4 is 5.32 Å². The van der Waals surface area contributed by atoms with Crippen molar-refractivity contribution in [1.82, 2.24) is 5.32 Å². The van der Waals surface area contributed by atoms with Crippen LogP contribution in [0.3, 0.4) is 0 Å². The predicted octanol–water partition coefficient (Wildman–Crippen LogP) is 6.95. The molecule has 49 heavy (non-hydrogen) atoms. The molecule has 0 spiro atoms. The number of ketones is 4. The van der Waals surface area contributed by atoms with Gasteiger partial charge >= 0.3 is 0 Å². The third-order valence-corrected chi connectivity index (χ3v) is 8.62. The Hall–Kier alpha value is -3.53. The first-order chi connectivity index (χ1) is 23.2. The highest BCUT2D eigenvalue weighted by Crippen LogP contribution is 2.22. The summed E-state index contributed by atoms with van der Waals surface area (Å²) in [5.74, 6) is -0.459. The van der Waals surface area contributed by atoms with E-state index < -0.39 is 5.54 Å². The Morgan fingerprint density at radius 2 is 0.959 bits per heavy atom. The van der Waals surface area contributed by atoms with Gasteiger partial charge in [0.05, 0.1) is 39.6 Å². The topological polar surface area (TPSA) is 125 Å². The lowest BCUT2D eigenvalue weighted by Crippen LogP contribution is -2.58. The van der Waals surface area contributed by atoms with Crippen LogP contribution in [0.5, 0.6) is 0 Å². The summed E-state index contributed by atoms with van der Waals surface area (Å²) in [7, 11) is 0. The summed E-state index contributed by atoms with van der Waals surface area (Å²) in [5.41, 5.74) is 1.68. The van der Waals surface area contributed by atoms with Crippen molar-refractivity contribution < 1.29 is 38.2 Å². The molecular weight excluding hydrogens is 622 g/mol. The van der Waals surface area contributed by atoms with E-state index in [1.54, 1.807) is 12.1 Å². The number of ether oxygens (including phenoxy) is 3. The molecule has 0 aliphatic carbocycles. The summed E-state index contributed by atoms with van der Waals surface area (Å²) < 4.78 is 17.9. The lowest BCUT2D eigenvalue weighted by Gasteiger charge is -2.34. The van der Waals surface area contributed by atoms with E-state index in [-0.39, 0.29) is 112 Å². The van der Waals surface area contributed by atoms with Crippen molar-refractivity contribution in [3.05, 3.63) is 59.7 Å². The van der Waals surface area contributed by atoms with Crippen LogP contribution in [0.25, 0.3) is 11.1 Å². The minimum Gasteiger partial charge on any atom is -0.378 e. The molecule has 1 atom stereocenters. The van der Waals surface area contributed by atoms with E-state index in [0.29, 0.717) is 11.1 Å². The lowest BCUT2D eigenvalue weighted by molar-refractivity contribution is -0.124. The van der Waals surface area contributed by atoms with E-state index in [2.05, 4.69) is 5.32 Å². The molecule has 1 N–H and O–H groups in total. The summed E-state index contributed by atoms with van der Waals surface area (Å²) in [6.07, 6.45) is 1.43. The number of amides is 1. The molecule has 0 bridgehead atoms. The van der Waals surface area contributed by atoms with E-state index >= 15 is 0 Å². The molecule has 9 heteroatoms. The van der Waals surface area contributed by atoms with Crippen molar-refractivity contribution in [1.29, 1.82) is 0 Å². The van der Waals surface area contributed by atoms with Gasteiger partial charge in [0, 0.05) is 54.1 Å². The summed E-state index contributed by atoms with van der Waals surface area (Å²) in [6.45, 7) is 15.4. The van der Waals surface area contributed by atoms with Gasteiger partial charge in [-0.15, -0.1) is 0 Å². The van der Waals surface area contributed by atoms with E-state index in [4.69, 9.17) is 14.2 Å². The summed E-state index contributed by atoms with van der Waals surface area (Å²) in [6, 6.07) is 14.5. The van der Waals surface area contributed by atoms with Gasteiger partial charge in [-0.3, -0.25) is 24.0 Å². The number of carbonyl (C=O) groups excluding carboxylic acids is 5. The zero-order chi connectivity index (χ0) is 36.6. The minimum absolute atomic E-state index is 0.0116.